The Kier molecular flexibility index (Phi) is 3.86. The summed E-state index contributed by atoms with van der Waals surface area (Å²) in [5, 5.41) is 5.52. The van der Waals surface area contributed by atoms with E-state index in [2.05, 4.69) is 4.98 Å². The third kappa shape index (κ3) is 3.03. The van der Waals surface area contributed by atoms with Crippen LogP contribution in [-0.4, -0.2) is 25.9 Å². The molecule has 106 valence electrons. The van der Waals surface area contributed by atoms with Crippen molar-refractivity contribution < 1.29 is 17.9 Å². The second-order valence-corrected chi connectivity index (χ2v) is 5.60. The van der Waals surface area contributed by atoms with E-state index in [0.29, 0.717) is 16.7 Å². The predicted octanol–water partition coefficient (Wildman–Crippen LogP) is 0.136. The summed E-state index contributed by atoms with van der Waals surface area (Å²) >= 11 is 0. The molecule has 0 bridgehead atoms. The SMILES string of the molecule is NC(=O)CCOc1ccc(S(N)(=O)=O)c2cccnc12. The number of aromatic nitrogens is 1. The van der Waals surface area contributed by atoms with E-state index in [0.717, 1.165) is 0 Å². The van der Waals surface area contributed by atoms with Gasteiger partial charge in [-0.05, 0) is 24.3 Å². The van der Waals surface area contributed by atoms with Crippen LogP contribution in [0.1, 0.15) is 6.42 Å². The van der Waals surface area contributed by atoms with E-state index < -0.39 is 15.9 Å². The van der Waals surface area contributed by atoms with E-state index in [1.54, 1.807) is 12.1 Å². The highest BCUT2D eigenvalue weighted by molar-refractivity contribution is 7.89. The second kappa shape index (κ2) is 5.43. The molecule has 0 spiro atoms. The van der Waals surface area contributed by atoms with Crippen molar-refractivity contribution in [2.45, 2.75) is 11.3 Å². The van der Waals surface area contributed by atoms with Crippen LogP contribution in [0.5, 0.6) is 5.75 Å². The zero-order chi connectivity index (χ0) is 14.8. The van der Waals surface area contributed by atoms with Crippen molar-refractivity contribution >= 4 is 26.8 Å². The molecule has 0 saturated carbocycles. The molecule has 8 heteroatoms. The van der Waals surface area contributed by atoms with Crippen molar-refractivity contribution in [3.63, 3.8) is 0 Å². The number of fused-ring (bicyclic) bond motifs is 1. The Labute approximate surface area is 115 Å². The first-order chi connectivity index (χ1) is 9.39. The number of hydrogen-bond acceptors (Lipinski definition) is 5. The van der Waals surface area contributed by atoms with Crippen LogP contribution in [0, 0.1) is 0 Å². The average molecular weight is 295 g/mol. The van der Waals surface area contributed by atoms with Crippen LogP contribution in [0.4, 0.5) is 0 Å². The zero-order valence-corrected chi connectivity index (χ0v) is 11.3. The number of nitrogens with zero attached hydrogens (tertiary/aromatic N) is 1. The molecule has 7 nitrogen and oxygen atoms in total. The summed E-state index contributed by atoms with van der Waals surface area (Å²) in [7, 11) is -3.85. The smallest absolute Gasteiger partial charge is 0.238 e. The van der Waals surface area contributed by atoms with Crippen molar-refractivity contribution in [2.75, 3.05) is 6.61 Å². The first-order valence-corrected chi connectivity index (χ1v) is 7.26. The summed E-state index contributed by atoms with van der Waals surface area (Å²) in [4.78, 5) is 14.7. The molecule has 1 aromatic carbocycles. The minimum absolute atomic E-state index is 0.0251. The monoisotopic (exact) mass is 295 g/mol. The summed E-state index contributed by atoms with van der Waals surface area (Å²) in [5.41, 5.74) is 5.38. The Balaban J connectivity index is 2.46. The Morgan fingerprint density at radius 1 is 1.30 bits per heavy atom. The highest BCUT2D eigenvalue weighted by Gasteiger charge is 2.15. The Morgan fingerprint density at radius 3 is 2.70 bits per heavy atom. The fourth-order valence-electron chi connectivity index (χ4n) is 1.75. The first-order valence-electron chi connectivity index (χ1n) is 5.71. The predicted molar refractivity (Wildman–Crippen MR) is 72.4 cm³/mol. The van der Waals surface area contributed by atoms with Crippen LogP contribution in [0.3, 0.4) is 0 Å². The minimum Gasteiger partial charge on any atom is -0.491 e. The molecule has 2 aromatic rings. The fraction of sp³-hybridized carbons (Fsp3) is 0.167. The molecule has 0 aliphatic heterocycles. The van der Waals surface area contributed by atoms with Gasteiger partial charge in [0.1, 0.15) is 11.3 Å². The number of pyridine rings is 1. The summed E-state index contributed by atoms with van der Waals surface area (Å²) in [5.74, 6) is -0.113. The second-order valence-electron chi connectivity index (χ2n) is 4.07. The standard InChI is InChI=1S/C12H13N3O4S/c13-11(16)5-7-19-9-3-4-10(20(14,17)18)8-2-1-6-15-12(8)9/h1-4,6H,5,7H2,(H2,13,16)(H2,14,17,18). The lowest BCUT2D eigenvalue weighted by Gasteiger charge is -2.10. The molecule has 1 amide bonds. The van der Waals surface area contributed by atoms with Gasteiger partial charge in [-0.2, -0.15) is 0 Å². The Hall–Kier alpha value is -2.19. The number of nitrogens with two attached hydrogens (primary N) is 2. The van der Waals surface area contributed by atoms with Gasteiger partial charge in [0.25, 0.3) is 0 Å². The van der Waals surface area contributed by atoms with E-state index in [-0.39, 0.29) is 17.9 Å². The molecule has 0 saturated heterocycles. The first kappa shape index (κ1) is 14.2. The summed E-state index contributed by atoms with van der Waals surface area (Å²) in [6.07, 6.45) is 1.57. The molecule has 0 unspecified atom stereocenters. The van der Waals surface area contributed by atoms with Crippen molar-refractivity contribution in [2.24, 2.45) is 10.9 Å². The number of rotatable bonds is 5. The maximum absolute atomic E-state index is 11.5. The number of benzene rings is 1. The number of amides is 1. The number of hydrogen-bond donors (Lipinski definition) is 2. The number of primary sulfonamides is 1. The molecular formula is C12H13N3O4S. The highest BCUT2D eigenvalue weighted by atomic mass is 32.2. The number of carbonyl (C=O) groups excluding carboxylic acids is 1. The van der Waals surface area contributed by atoms with E-state index in [1.807, 2.05) is 0 Å². The third-order valence-corrected chi connectivity index (χ3v) is 3.57. The molecule has 0 aliphatic carbocycles. The molecule has 0 atom stereocenters. The lowest BCUT2D eigenvalue weighted by Crippen LogP contribution is -2.15. The van der Waals surface area contributed by atoms with Crippen molar-refractivity contribution in [1.82, 2.24) is 4.98 Å². The average Bonchev–Trinajstić information content (AvgIpc) is 2.37. The summed E-state index contributed by atoms with van der Waals surface area (Å²) in [6.45, 7) is 0.0930. The number of carbonyl (C=O) groups is 1. The van der Waals surface area contributed by atoms with E-state index >= 15 is 0 Å². The van der Waals surface area contributed by atoms with Gasteiger partial charge < -0.3 is 10.5 Å². The minimum atomic E-state index is -3.85. The van der Waals surface area contributed by atoms with Crippen LogP contribution < -0.4 is 15.6 Å². The Bertz CT molecular complexity index is 758. The van der Waals surface area contributed by atoms with Crippen molar-refractivity contribution in [1.29, 1.82) is 0 Å². The molecule has 2 rings (SSSR count). The number of primary amides is 1. The van der Waals surface area contributed by atoms with Gasteiger partial charge >= 0.3 is 0 Å². The molecule has 20 heavy (non-hydrogen) atoms. The molecular weight excluding hydrogens is 282 g/mol. The van der Waals surface area contributed by atoms with Gasteiger partial charge in [0.15, 0.2) is 0 Å². The van der Waals surface area contributed by atoms with Gasteiger partial charge in [-0.15, -0.1) is 0 Å². The van der Waals surface area contributed by atoms with Crippen LogP contribution in [0.15, 0.2) is 35.4 Å². The summed E-state index contributed by atoms with van der Waals surface area (Å²) < 4.78 is 28.4. The van der Waals surface area contributed by atoms with Gasteiger partial charge in [-0.25, -0.2) is 13.6 Å². The maximum atomic E-state index is 11.5. The van der Waals surface area contributed by atoms with Gasteiger partial charge in [-0.3, -0.25) is 9.78 Å². The van der Waals surface area contributed by atoms with Crippen LogP contribution in [-0.2, 0) is 14.8 Å². The molecule has 0 fully saturated rings. The summed E-state index contributed by atoms with van der Waals surface area (Å²) in [6, 6.07) is 5.99. The Morgan fingerprint density at radius 2 is 2.05 bits per heavy atom. The quantitative estimate of drug-likeness (QED) is 0.811. The van der Waals surface area contributed by atoms with Gasteiger partial charge in [-0.1, -0.05) is 0 Å². The van der Waals surface area contributed by atoms with E-state index in [9.17, 15) is 13.2 Å². The lowest BCUT2D eigenvalue weighted by atomic mass is 10.2. The van der Waals surface area contributed by atoms with Crippen molar-refractivity contribution in [3.05, 3.63) is 30.5 Å². The van der Waals surface area contributed by atoms with Crippen molar-refractivity contribution in [3.8, 4) is 5.75 Å². The topological polar surface area (TPSA) is 125 Å². The van der Waals surface area contributed by atoms with Gasteiger partial charge in [0.2, 0.25) is 15.9 Å². The molecule has 1 heterocycles. The zero-order valence-electron chi connectivity index (χ0n) is 10.4. The molecule has 1 aromatic heterocycles. The van der Waals surface area contributed by atoms with E-state index in [4.69, 9.17) is 15.6 Å². The highest BCUT2D eigenvalue weighted by Crippen LogP contribution is 2.28. The molecule has 4 N–H and O–H groups in total. The lowest BCUT2D eigenvalue weighted by molar-refractivity contribution is -0.118. The number of ether oxygens (including phenoxy) is 1. The maximum Gasteiger partial charge on any atom is 0.238 e. The fourth-order valence-corrected chi connectivity index (χ4v) is 2.48. The van der Waals surface area contributed by atoms with Gasteiger partial charge in [0.05, 0.1) is 17.9 Å². The molecule has 0 aliphatic rings. The normalized spacial score (nSPS) is 11.4. The van der Waals surface area contributed by atoms with Crippen LogP contribution >= 0.6 is 0 Å². The number of sulfonamides is 1. The van der Waals surface area contributed by atoms with Crippen LogP contribution in [0.2, 0.25) is 0 Å². The molecule has 0 radical (unpaired) electrons. The largest absolute Gasteiger partial charge is 0.491 e. The van der Waals surface area contributed by atoms with Crippen LogP contribution in [0.25, 0.3) is 10.9 Å². The van der Waals surface area contributed by atoms with E-state index in [1.165, 1.54) is 18.3 Å². The third-order valence-electron chi connectivity index (χ3n) is 2.61. The van der Waals surface area contributed by atoms with Gasteiger partial charge in [0, 0.05) is 11.6 Å².